The summed E-state index contributed by atoms with van der Waals surface area (Å²) in [5.74, 6) is -0.952. The van der Waals surface area contributed by atoms with Crippen LogP contribution in [-0.4, -0.2) is 21.1 Å². The van der Waals surface area contributed by atoms with E-state index < -0.39 is 17.2 Å². The van der Waals surface area contributed by atoms with Crippen LogP contribution in [0, 0.1) is 5.82 Å². The summed E-state index contributed by atoms with van der Waals surface area (Å²) in [5, 5.41) is 11.6. The van der Waals surface area contributed by atoms with Gasteiger partial charge in [0.05, 0.1) is 5.52 Å². The van der Waals surface area contributed by atoms with Crippen LogP contribution in [0.5, 0.6) is 0 Å². The Morgan fingerprint density at radius 1 is 1.35 bits per heavy atom. The molecule has 1 amide bonds. The van der Waals surface area contributed by atoms with Crippen LogP contribution < -0.4 is 10.7 Å². The van der Waals surface area contributed by atoms with Crippen LogP contribution in [0.15, 0.2) is 29.2 Å². The number of rotatable bonds is 3. The van der Waals surface area contributed by atoms with Crippen LogP contribution in [-0.2, 0) is 0 Å². The third-order valence-corrected chi connectivity index (χ3v) is 4.40. The van der Waals surface area contributed by atoms with Gasteiger partial charge in [-0.2, -0.15) is 0 Å². The van der Waals surface area contributed by atoms with E-state index in [2.05, 4.69) is 20.5 Å². The number of hydrogen-bond acceptors (Lipinski definition) is 5. The van der Waals surface area contributed by atoms with Crippen LogP contribution in [0.1, 0.15) is 35.1 Å². The van der Waals surface area contributed by atoms with Crippen LogP contribution in [0.25, 0.3) is 10.9 Å². The van der Waals surface area contributed by atoms with Crippen molar-refractivity contribution in [2.75, 3.05) is 5.32 Å². The number of H-pyrrole nitrogens is 1. The fourth-order valence-electron chi connectivity index (χ4n) is 2.07. The zero-order chi connectivity index (χ0) is 16.6. The van der Waals surface area contributed by atoms with Crippen molar-refractivity contribution in [3.05, 3.63) is 51.0 Å². The molecule has 0 radical (unpaired) electrons. The molecule has 0 spiro atoms. The molecule has 3 aromatic rings. The average Bonchev–Trinajstić information content (AvgIpc) is 2.97. The molecule has 0 fully saturated rings. The summed E-state index contributed by atoms with van der Waals surface area (Å²) in [6, 6.07) is 4.14. The molecule has 8 heteroatoms. The van der Waals surface area contributed by atoms with Crippen molar-refractivity contribution in [1.29, 1.82) is 0 Å². The number of halogens is 1. The number of aromatic amines is 1. The Morgan fingerprint density at radius 3 is 2.83 bits per heavy atom. The molecule has 0 saturated carbocycles. The largest absolute Gasteiger partial charge is 0.358 e. The van der Waals surface area contributed by atoms with Gasteiger partial charge in [-0.15, -0.1) is 10.2 Å². The maximum Gasteiger partial charge on any atom is 0.262 e. The van der Waals surface area contributed by atoms with Crippen LogP contribution in [0.4, 0.5) is 9.52 Å². The Labute approximate surface area is 134 Å². The maximum absolute atomic E-state index is 13.6. The fraction of sp³-hybridized carbons (Fsp3) is 0.200. The lowest BCUT2D eigenvalue weighted by molar-refractivity contribution is 0.102. The van der Waals surface area contributed by atoms with Gasteiger partial charge in [0.25, 0.3) is 5.91 Å². The van der Waals surface area contributed by atoms with Crippen molar-refractivity contribution in [3.8, 4) is 0 Å². The minimum atomic E-state index is -0.608. The highest BCUT2D eigenvalue weighted by Gasteiger charge is 2.16. The third kappa shape index (κ3) is 2.85. The molecule has 0 aliphatic heterocycles. The molecule has 2 heterocycles. The maximum atomic E-state index is 13.6. The van der Waals surface area contributed by atoms with E-state index in [1.807, 2.05) is 13.8 Å². The summed E-state index contributed by atoms with van der Waals surface area (Å²) < 4.78 is 13.6. The SMILES string of the molecule is CC(C)c1nnc(NC(=O)c2c[nH]c3c(F)cccc3c2=O)s1. The normalized spacial score (nSPS) is 11.1. The first-order chi connectivity index (χ1) is 11.0. The summed E-state index contributed by atoms with van der Waals surface area (Å²) in [5.41, 5.74) is -0.569. The second-order valence-corrected chi connectivity index (χ2v) is 6.26. The van der Waals surface area contributed by atoms with Crippen LogP contribution in [0.2, 0.25) is 0 Å². The monoisotopic (exact) mass is 332 g/mol. The molecular weight excluding hydrogens is 319 g/mol. The highest BCUT2D eigenvalue weighted by molar-refractivity contribution is 7.15. The van der Waals surface area contributed by atoms with Gasteiger partial charge in [0.2, 0.25) is 10.6 Å². The van der Waals surface area contributed by atoms with E-state index in [9.17, 15) is 14.0 Å². The quantitative estimate of drug-likeness (QED) is 0.772. The van der Waals surface area contributed by atoms with Crippen molar-refractivity contribution in [3.63, 3.8) is 0 Å². The molecule has 23 heavy (non-hydrogen) atoms. The molecule has 0 unspecified atom stereocenters. The number of hydrogen-bond donors (Lipinski definition) is 2. The summed E-state index contributed by atoms with van der Waals surface area (Å²) >= 11 is 1.25. The number of aromatic nitrogens is 3. The van der Waals surface area contributed by atoms with Gasteiger partial charge < -0.3 is 4.98 Å². The Bertz CT molecular complexity index is 948. The number of amides is 1. The number of benzene rings is 1. The fourth-order valence-corrected chi connectivity index (χ4v) is 2.81. The molecule has 1 aromatic carbocycles. The zero-order valence-electron chi connectivity index (χ0n) is 12.4. The second kappa shape index (κ2) is 5.88. The molecule has 0 aliphatic carbocycles. The number of nitrogens with one attached hydrogen (secondary N) is 2. The van der Waals surface area contributed by atoms with Crippen molar-refractivity contribution in [2.45, 2.75) is 19.8 Å². The second-order valence-electron chi connectivity index (χ2n) is 5.25. The molecule has 0 aliphatic rings. The van der Waals surface area contributed by atoms with Gasteiger partial charge in [0.15, 0.2) is 0 Å². The first-order valence-electron chi connectivity index (χ1n) is 6.92. The van der Waals surface area contributed by atoms with E-state index in [-0.39, 0.29) is 22.4 Å². The van der Waals surface area contributed by atoms with Gasteiger partial charge in [-0.1, -0.05) is 31.3 Å². The highest BCUT2D eigenvalue weighted by atomic mass is 32.1. The zero-order valence-corrected chi connectivity index (χ0v) is 13.2. The van der Waals surface area contributed by atoms with Gasteiger partial charge >= 0.3 is 0 Å². The van der Waals surface area contributed by atoms with Crippen LogP contribution in [0.3, 0.4) is 0 Å². The van der Waals surface area contributed by atoms with Crippen molar-refractivity contribution < 1.29 is 9.18 Å². The van der Waals surface area contributed by atoms with Crippen molar-refractivity contribution in [2.24, 2.45) is 0 Å². The van der Waals surface area contributed by atoms with Gasteiger partial charge in [0, 0.05) is 17.5 Å². The van der Waals surface area contributed by atoms with Gasteiger partial charge in [-0.3, -0.25) is 14.9 Å². The standard InChI is InChI=1S/C15H13FN4O2S/c1-7(2)14-19-20-15(23-14)18-13(22)9-6-17-11-8(12(9)21)4-3-5-10(11)16/h3-7H,1-2H3,(H,17,21)(H,18,20,22). The first kappa shape index (κ1) is 15.3. The molecule has 6 nitrogen and oxygen atoms in total. The minimum Gasteiger partial charge on any atom is -0.358 e. The Hall–Kier alpha value is -2.61. The number of nitrogens with zero attached hydrogens (tertiary/aromatic N) is 2. The Morgan fingerprint density at radius 2 is 2.13 bits per heavy atom. The van der Waals surface area contributed by atoms with Crippen LogP contribution >= 0.6 is 11.3 Å². The topological polar surface area (TPSA) is 87.7 Å². The number of fused-ring (bicyclic) bond motifs is 1. The van der Waals surface area contributed by atoms with Gasteiger partial charge in [-0.25, -0.2) is 4.39 Å². The molecule has 0 saturated heterocycles. The summed E-state index contributed by atoms with van der Waals surface area (Å²) in [6.45, 7) is 3.93. The molecule has 118 valence electrons. The number of anilines is 1. The smallest absolute Gasteiger partial charge is 0.262 e. The van der Waals surface area contributed by atoms with E-state index in [4.69, 9.17) is 0 Å². The molecule has 3 rings (SSSR count). The van der Waals surface area contributed by atoms with E-state index in [1.165, 1.54) is 35.7 Å². The van der Waals surface area contributed by atoms with E-state index in [0.29, 0.717) is 5.13 Å². The van der Waals surface area contributed by atoms with E-state index >= 15 is 0 Å². The van der Waals surface area contributed by atoms with E-state index in [0.717, 1.165) is 5.01 Å². The number of carbonyl (C=O) groups excluding carboxylic acids is 1. The molecule has 2 N–H and O–H groups in total. The summed E-state index contributed by atoms with van der Waals surface area (Å²) in [6.07, 6.45) is 1.20. The predicted octanol–water partition coefficient (Wildman–Crippen LogP) is 2.89. The highest BCUT2D eigenvalue weighted by Crippen LogP contribution is 2.22. The number of carbonyl (C=O) groups is 1. The lowest BCUT2D eigenvalue weighted by Crippen LogP contribution is -2.22. The minimum absolute atomic E-state index is 0.0760. The van der Waals surface area contributed by atoms with E-state index in [1.54, 1.807) is 0 Å². The summed E-state index contributed by atoms with van der Waals surface area (Å²) in [7, 11) is 0. The Balaban J connectivity index is 1.94. The lowest BCUT2D eigenvalue weighted by atomic mass is 10.1. The average molecular weight is 332 g/mol. The van der Waals surface area contributed by atoms with Gasteiger partial charge in [-0.05, 0) is 12.1 Å². The summed E-state index contributed by atoms with van der Waals surface area (Å²) in [4.78, 5) is 27.3. The molecular formula is C15H13FN4O2S. The molecule has 0 bridgehead atoms. The number of para-hydroxylation sites is 1. The van der Waals surface area contributed by atoms with Crippen molar-refractivity contribution >= 4 is 33.3 Å². The Kier molecular flexibility index (Phi) is 3.91. The number of pyridine rings is 1. The first-order valence-corrected chi connectivity index (χ1v) is 7.73. The predicted molar refractivity (Wildman–Crippen MR) is 86.5 cm³/mol. The third-order valence-electron chi connectivity index (χ3n) is 3.26. The van der Waals surface area contributed by atoms with Crippen molar-refractivity contribution in [1.82, 2.24) is 15.2 Å². The molecule has 2 aromatic heterocycles. The lowest BCUT2D eigenvalue weighted by Gasteiger charge is -2.03. The van der Waals surface area contributed by atoms with Gasteiger partial charge in [0.1, 0.15) is 16.4 Å². The molecule has 0 atom stereocenters.